The second kappa shape index (κ2) is 9.77. The Morgan fingerprint density at radius 3 is 2.57 bits per heavy atom. The Kier molecular flexibility index (Phi) is 8.35. The number of nitrogens with zero attached hydrogens (tertiary/aromatic N) is 1. The van der Waals surface area contributed by atoms with Crippen molar-refractivity contribution in [3.05, 3.63) is 0 Å². The van der Waals surface area contributed by atoms with E-state index in [4.69, 9.17) is 5.73 Å². The highest BCUT2D eigenvalue weighted by atomic mass is 16.2. The van der Waals surface area contributed by atoms with E-state index in [1.165, 1.54) is 0 Å². The summed E-state index contributed by atoms with van der Waals surface area (Å²) in [5, 5.41) is 2.99. The standard InChI is InChI=1S/C16H31N3O2/c1-3-4-9-18-16(21)14-7-10-19(11-8-14)15(20)6-5-13(2)12-17/h13-14H,3-12,17H2,1-2H3,(H,18,21). The molecule has 5 heteroatoms. The van der Waals surface area contributed by atoms with Crippen LogP contribution in [0.5, 0.6) is 0 Å². The quantitative estimate of drug-likeness (QED) is 0.667. The van der Waals surface area contributed by atoms with Crippen molar-refractivity contribution in [3.8, 4) is 0 Å². The van der Waals surface area contributed by atoms with Gasteiger partial charge in [0, 0.05) is 32.0 Å². The summed E-state index contributed by atoms with van der Waals surface area (Å²) in [5.41, 5.74) is 5.57. The number of amides is 2. The highest BCUT2D eigenvalue weighted by Crippen LogP contribution is 2.19. The zero-order chi connectivity index (χ0) is 15.7. The van der Waals surface area contributed by atoms with E-state index < -0.39 is 0 Å². The number of hydrogen-bond acceptors (Lipinski definition) is 3. The summed E-state index contributed by atoms with van der Waals surface area (Å²) in [5.74, 6) is 0.845. The molecule has 2 amide bonds. The molecule has 0 saturated carbocycles. The van der Waals surface area contributed by atoms with Crippen molar-refractivity contribution in [2.24, 2.45) is 17.6 Å². The van der Waals surface area contributed by atoms with Gasteiger partial charge in [-0.15, -0.1) is 0 Å². The Morgan fingerprint density at radius 2 is 2.00 bits per heavy atom. The van der Waals surface area contributed by atoms with Crippen molar-refractivity contribution in [1.82, 2.24) is 10.2 Å². The summed E-state index contributed by atoms with van der Waals surface area (Å²) in [6.07, 6.45) is 5.13. The molecule has 0 aromatic rings. The van der Waals surface area contributed by atoms with Crippen LogP contribution >= 0.6 is 0 Å². The van der Waals surface area contributed by atoms with Crippen LogP contribution in [0.3, 0.4) is 0 Å². The molecule has 1 atom stereocenters. The number of likely N-dealkylation sites (tertiary alicyclic amines) is 1. The average molecular weight is 297 g/mol. The van der Waals surface area contributed by atoms with Crippen LogP contribution in [0.2, 0.25) is 0 Å². The maximum Gasteiger partial charge on any atom is 0.223 e. The number of carbonyl (C=O) groups is 2. The largest absolute Gasteiger partial charge is 0.356 e. The number of rotatable bonds is 8. The van der Waals surface area contributed by atoms with Crippen LogP contribution in [-0.4, -0.2) is 42.9 Å². The first kappa shape index (κ1) is 18.0. The maximum atomic E-state index is 12.1. The molecule has 21 heavy (non-hydrogen) atoms. The molecule has 1 rings (SSSR count). The smallest absolute Gasteiger partial charge is 0.223 e. The second-order valence-corrected chi connectivity index (χ2v) is 6.18. The van der Waals surface area contributed by atoms with E-state index in [1.54, 1.807) is 0 Å². The average Bonchev–Trinajstić information content (AvgIpc) is 2.52. The summed E-state index contributed by atoms with van der Waals surface area (Å²) in [7, 11) is 0. The Balaban J connectivity index is 2.24. The van der Waals surface area contributed by atoms with E-state index in [0.717, 1.165) is 38.6 Å². The van der Waals surface area contributed by atoms with E-state index in [9.17, 15) is 9.59 Å². The van der Waals surface area contributed by atoms with Crippen LogP contribution in [0.4, 0.5) is 0 Å². The molecule has 0 aromatic carbocycles. The SMILES string of the molecule is CCCCNC(=O)C1CCN(C(=O)CCC(C)CN)CC1. The van der Waals surface area contributed by atoms with Gasteiger partial charge in [-0.1, -0.05) is 20.3 Å². The summed E-state index contributed by atoms with van der Waals surface area (Å²) in [6.45, 7) is 7.00. The van der Waals surface area contributed by atoms with Gasteiger partial charge in [-0.3, -0.25) is 9.59 Å². The van der Waals surface area contributed by atoms with Gasteiger partial charge in [0.05, 0.1) is 0 Å². The molecule has 0 spiro atoms. The van der Waals surface area contributed by atoms with E-state index in [0.29, 0.717) is 32.0 Å². The molecule has 0 aromatic heterocycles. The monoisotopic (exact) mass is 297 g/mol. The Labute approximate surface area is 128 Å². The lowest BCUT2D eigenvalue weighted by Crippen LogP contribution is -2.43. The van der Waals surface area contributed by atoms with Crippen LogP contribution in [0.15, 0.2) is 0 Å². The van der Waals surface area contributed by atoms with Crippen molar-refractivity contribution in [3.63, 3.8) is 0 Å². The predicted molar refractivity (Wildman–Crippen MR) is 84.7 cm³/mol. The van der Waals surface area contributed by atoms with Gasteiger partial charge in [0.1, 0.15) is 0 Å². The lowest BCUT2D eigenvalue weighted by Gasteiger charge is -2.31. The van der Waals surface area contributed by atoms with Crippen molar-refractivity contribution >= 4 is 11.8 Å². The fourth-order valence-corrected chi connectivity index (χ4v) is 2.57. The van der Waals surface area contributed by atoms with Crippen LogP contribution < -0.4 is 11.1 Å². The lowest BCUT2D eigenvalue weighted by molar-refractivity contribution is -0.135. The summed E-state index contributed by atoms with van der Waals surface area (Å²) in [4.78, 5) is 26.0. The molecule has 1 aliphatic rings. The first-order valence-electron chi connectivity index (χ1n) is 8.34. The first-order valence-corrected chi connectivity index (χ1v) is 8.34. The molecule has 1 saturated heterocycles. The number of piperidine rings is 1. The summed E-state index contributed by atoms with van der Waals surface area (Å²) in [6, 6.07) is 0. The molecule has 0 bridgehead atoms. The van der Waals surface area contributed by atoms with Gasteiger partial charge >= 0.3 is 0 Å². The molecule has 1 heterocycles. The third kappa shape index (κ3) is 6.46. The Bertz CT molecular complexity index is 325. The minimum atomic E-state index is 0.0777. The van der Waals surface area contributed by atoms with Gasteiger partial charge in [0.25, 0.3) is 0 Å². The summed E-state index contributed by atoms with van der Waals surface area (Å²) < 4.78 is 0. The molecule has 1 fully saturated rings. The molecular weight excluding hydrogens is 266 g/mol. The van der Waals surface area contributed by atoms with E-state index >= 15 is 0 Å². The molecule has 0 radical (unpaired) electrons. The topological polar surface area (TPSA) is 75.4 Å². The van der Waals surface area contributed by atoms with Gasteiger partial charge in [0.2, 0.25) is 11.8 Å². The van der Waals surface area contributed by atoms with Crippen molar-refractivity contribution in [1.29, 1.82) is 0 Å². The second-order valence-electron chi connectivity index (χ2n) is 6.18. The molecule has 1 unspecified atom stereocenters. The predicted octanol–water partition coefficient (Wildman–Crippen LogP) is 1.52. The highest BCUT2D eigenvalue weighted by molar-refractivity contribution is 5.80. The van der Waals surface area contributed by atoms with E-state index in [1.807, 2.05) is 4.90 Å². The van der Waals surface area contributed by atoms with Crippen molar-refractivity contribution in [2.45, 2.75) is 52.4 Å². The first-order chi connectivity index (χ1) is 10.1. The van der Waals surface area contributed by atoms with E-state index in [-0.39, 0.29) is 17.7 Å². The lowest BCUT2D eigenvalue weighted by atomic mass is 9.95. The van der Waals surface area contributed by atoms with Crippen LogP contribution in [0, 0.1) is 11.8 Å². The normalized spacial score (nSPS) is 17.6. The fraction of sp³-hybridized carbons (Fsp3) is 0.875. The van der Waals surface area contributed by atoms with E-state index in [2.05, 4.69) is 19.2 Å². The molecule has 1 aliphatic heterocycles. The zero-order valence-corrected chi connectivity index (χ0v) is 13.6. The third-order valence-electron chi connectivity index (χ3n) is 4.30. The molecular formula is C16H31N3O2. The number of nitrogens with two attached hydrogens (primary N) is 1. The minimum Gasteiger partial charge on any atom is -0.356 e. The van der Waals surface area contributed by atoms with Gasteiger partial charge < -0.3 is 16.0 Å². The number of hydrogen-bond donors (Lipinski definition) is 2. The maximum absolute atomic E-state index is 12.1. The summed E-state index contributed by atoms with van der Waals surface area (Å²) >= 11 is 0. The van der Waals surface area contributed by atoms with Gasteiger partial charge in [-0.2, -0.15) is 0 Å². The number of nitrogens with one attached hydrogen (secondary N) is 1. The zero-order valence-electron chi connectivity index (χ0n) is 13.6. The molecule has 5 nitrogen and oxygen atoms in total. The van der Waals surface area contributed by atoms with Crippen LogP contribution in [0.25, 0.3) is 0 Å². The Morgan fingerprint density at radius 1 is 1.33 bits per heavy atom. The van der Waals surface area contributed by atoms with Crippen LogP contribution in [0.1, 0.15) is 52.4 Å². The van der Waals surface area contributed by atoms with Gasteiger partial charge in [-0.25, -0.2) is 0 Å². The number of carbonyl (C=O) groups excluding carboxylic acids is 2. The highest BCUT2D eigenvalue weighted by Gasteiger charge is 2.26. The van der Waals surface area contributed by atoms with Gasteiger partial charge in [-0.05, 0) is 38.1 Å². The third-order valence-corrected chi connectivity index (χ3v) is 4.30. The van der Waals surface area contributed by atoms with Crippen molar-refractivity contribution in [2.75, 3.05) is 26.2 Å². The van der Waals surface area contributed by atoms with Gasteiger partial charge in [0.15, 0.2) is 0 Å². The van der Waals surface area contributed by atoms with Crippen LogP contribution in [-0.2, 0) is 9.59 Å². The Hall–Kier alpha value is -1.10. The molecule has 0 aliphatic carbocycles. The van der Waals surface area contributed by atoms with Crippen molar-refractivity contribution < 1.29 is 9.59 Å². The fourth-order valence-electron chi connectivity index (χ4n) is 2.57. The molecule has 3 N–H and O–H groups in total. The molecule has 122 valence electrons. The minimum absolute atomic E-state index is 0.0777. The number of unbranched alkanes of at least 4 members (excludes halogenated alkanes) is 1.